The van der Waals surface area contributed by atoms with Gasteiger partial charge in [-0.2, -0.15) is 0 Å². The van der Waals surface area contributed by atoms with Crippen LogP contribution in [0.2, 0.25) is 0 Å². The van der Waals surface area contributed by atoms with Gasteiger partial charge in [0.2, 0.25) is 0 Å². The van der Waals surface area contributed by atoms with Gasteiger partial charge in [-0.1, -0.05) is 26.0 Å². The van der Waals surface area contributed by atoms with Crippen molar-refractivity contribution in [3.05, 3.63) is 58.7 Å². The van der Waals surface area contributed by atoms with Crippen molar-refractivity contribution in [1.82, 2.24) is 0 Å². The third-order valence-corrected chi connectivity index (χ3v) is 5.10. The second-order valence-corrected chi connectivity index (χ2v) is 7.31. The van der Waals surface area contributed by atoms with Gasteiger partial charge in [-0.15, -0.1) is 0 Å². The molecule has 1 unspecified atom stereocenters. The molecule has 0 saturated carbocycles. The van der Waals surface area contributed by atoms with E-state index in [1.807, 2.05) is 19.1 Å². The van der Waals surface area contributed by atoms with Gasteiger partial charge in [-0.05, 0) is 30.0 Å². The lowest BCUT2D eigenvalue weighted by molar-refractivity contribution is 0.312. The molecule has 0 amide bonds. The first-order chi connectivity index (χ1) is 12.6. The van der Waals surface area contributed by atoms with E-state index in [1.165, 1.54) is 0 Å². The average Bonchev–Trinajstić information content (AvgIpc) is 2.61. The van der Waals surface area contributed by atoms with Crippen molar-refractivity contribution in [3.63, 3.8) is 0 Å². The predicted molar refractivity (Wildman–Crippen MR) is 88.6 cm³/mol. The second kappa shape index (κ2) is 8.26. The molecule has 27 heavy (non-hydrogen) atoms. The largest absolute Gasteiger partial charge is 0.744 e. The summed E-state index contributed by atoms with van der Waals surface area (Å²) in [7, 11) is -5.71. The molecule has 0 aromatic heterocycles. The van der Waals surface area contributed by atoms with Gasteiger partial charge in [0.15, 0.2) is 23.3 Å². The zero-order valence-electron chi connectivity index (χ0n) is 14.6. The summed E-state index contributed by atoms with van der Waals surface area (Å²) >= 11 is 0. The summed E-state index contributed by atoms with van der Waals surface area (Å²) in [6.07, 6.45) is 0.378. The molecular formula is C18H17F4O4S-. The lowest BCUT2D eigenvalue weighted by atomic mass is 9.99. The average molecular weight is 405 g/mol. The number of rotatable bonds is 7. The highest BCUT2D eigenvalue weighted by Gasteiger charge is 2.28. The smallest absolute Gasteiger partial charge is 0.179 e. The normalized spacial score (nSPS) is 12.9. The molecule has 0 N–H and O–H groups in total. The zero-order valence-corrected chi connectivity index (χ0v) is 15.4. The van der Waals surface area contributed by atoms with E-state index in [0.29, 0.717) is 11.7 Å². The fourth-order valence-corrected chi connectivity index (χ4v) is 3.11. The standard InChI is InChI=1S/C18H18F4O4S/c1-3-10(2)11-4-6-12(7-5-11)26-9-8-13-14(19)16(21)18(27(23,24)25)17(22)15(13)20/h4-7,10H,3,8-9H2,1-2H3,(H,23,24,25)/p-1. The minimum absolute atomic E-state index is 0.321. The quantitative estimate of drug-likeness (QED) is 0.392. The molecule has 0 radical (unpaired) electrons. The van der Waals surface area contributed by atoms with Gasteiger partial charge in [0, 0.05) is 12.0 Å². The van der Waals surface area contributed by atoms with E-state index in [9.17, 15) is 30.5 Å². The molecule has 4 nitrogen and oxygen atoms in total. The molecule has 2 rings (SSSR count). The van der Waals surface area contributed by atoms with Crippen molar-refractivity contribution in [2.45, 2.75) is 37.5 Å². The Morgan fingerprint density at radius 1 is 1.00 bits per heavy atom. The van der Waals surface area contributed by atoms with Crippen molar-refractivity contribution in [1.29, 1.82) is 0 Å². The molecule has 148 valence electrons. The van der Waals surface area contributed by atoms with Crippen LogP contribution >= 0.6 is 0 Å². The van der Waals surface area contributed by atoms with E-state index < -0.39 is 50.3 Å². The third kappa shape index (κ3) is 4.59. The van der Waals surface area contributed by atoms with Gasteiger partial charge in [-0.3, -0.25) is 0 Å². The predicted octanol–water partition coefficient (Wildman–Crippen LogP) is 4.28. The van der Waals surface area contributed by atoms with Crippen LogP contribution in [0.5, 0.6) is 5.75 Å². The Bertz CT molecular complexity index is 898. The Kier molecular flexibility index (Phi) is 6.48. The molecule has 0 saturated heterocycles. The maximum Gasteiger partial charge on any atom is 0.179 e. The molecule has 2 aromatic carbocycles. The first-order valence-electron chi connectivity index (χ1n) is 8.11. The molecular weight excluding hydrogens is 388 g/mol. The van der Waals surface area contributed by atoms with Gasteiger partial charge >= 0.3 is 0 Å². The maximum absolute atomic E-state index is 13.9. The molecule has 0 spiro atoms. The van der Waals surface area contributed by atoms with Crippen LogP contribution in [0.25, 0.3) is 0 Å². The van der Waals surface area contributed by atoms with Gasteiger partial charge in [0.25, 0.3) is 0 Å². The first-order valence-corrected chi connectivity index (χ1v) is 9.52. The third-order valence-electron chi connectivity index (χ3n) is 4.25. The number of ether oxygens (including phenoxy) is 1. The highest BCUT2D eigenvalue weighted by molar-refractivity contribution is 7.85. The van der Waals surface area contributed by atoms with Crippen LogP contribution in [0.3, 0.4) is 0 Å². The van der Waals surface area contributed by atoms with Crippen LogP contribution in [0.1, 0.15) is 37.3 Å². The minimum atomic E-state index is -5.71. The number of benzene rings is 2. The summed E-state index contributed by atoms with van der Waals surface area (Å²) in [5, 5.41) is 0. The lowest BCUT2D eigenvalue weighted by Gasteiger charge is -2.14. The molecule has 0 aliphatic heterocycles. The van der Waals surface area contributed by atoms with Gasteiger partial charge < -0.3 is 9.29 Å². The Morgan fingerprint density at radius 3 is 1.96 bits per heavy atom. The Hall–Kier alpha value is -2.13. The molecule has 2 aromatic rings. The van der Waals surface area contributed by atoms with E-state index in [2.05, 4.69) is 6.92 Å². The van der Waals surface area contributed by atoms with Crippen molar-refractivity contribution in [2.75, 3.05) is 6.61 Å². The molecule has 0 bridgehead atoms. The Morgan fingerprint density at radius 2 is 1.52 bits per heavy atom. The summed E-state index contributed by atoms with van der Waals surface area (Å²) in [5.41, 5.74) is 0.0501. The molecule has 0 aliphatic carbocycles. The molecule has 9 heteroatoms. The summed E-state index contributed by atoms with van der Waals surface area (Å²) < 4.78 is 92.9. The molecule has 0 heterocycles. The fourth-order valence-electron chi connectivity index (χ4n) is 2.50. The van der Waals surface area contributed by atoms with E-state index in [1.54, 1.807) is 12.1 Å². The molecule has 0 fully saturated rings. The number of hydrogen-bond donors (Lipinski definition) is 0. The molecule has 0 aliphatic rings. The highest BCUT2D eigenvalue weighted by Crippen LogP contribution is 2.28. The van der Waals surface area contributed by atoms with Crippen LogP contribution in [-0.4, -0.2) is 19.6 Å². The highest BCUT2D eigenvalue weighted by atomic mass is 32.2. The summed E-state index contributed by atoms with van der Waals surface area (Å²) in [5.74, 6) is -7.60. The minimum Gasteiger partial charge on any atom is -0.744 e. The van der Waals surface area contributed by atoms with Crippen molar-refractivity contribution >= 4 is 10.1 Å². The van der Waals surface area contributed by atoms with Crippen LogP contribution in [-0.2, 0) is 16.5 Å². The van der Waals surface area contributed by atoms with E-state index in [0.717, 1.165) is 12.0 Å². The van der Waals surface area contributed by atoms with Gasteiger partial charge in [0.05, 0.1) is 6.61 Å². The zero-order chi connectivity index (χ0) is 20.4. The monoisotopic (exact) mass is 405 g/mol. The van der Waals surface area contributed by atoms with E-state index in [4.69, 9.17) is 4.74 Å². The topological polar surface area (TPSA) is 66.4 Å². The van der Waals surface area contributed by atoms with Crippen LogP contribution in [0.15, 0.2) is 29.2 Å². The summed E-state index contributed by atoms with van der Waals surface area (Å²) in [4.78, 5) is -2.16. The lowest BCUT2D eigenvalue weighted by Crippen LogP contribution is -2.15. The van der Waals surface area contributed by atoms with Gasteiger partial charge in [-0.25, -0.2) is 26.0 Å². The van der Waals surface area contributed by atoms with Crippen LogP contribution < -0.4 is 4.74 Å². The van der Waals surface area contributed by atoms with Crippen molar-refractivity contribution in [3.8, 4) is 5.75 Å². The van der Waals surface area contributed by atoms with E-state index in [-0.39, 0.29) is 6.61 Å². The summed E-state index contributed by atoms with van der Waals surface area (Å²) in [6.45, 7) is 3.77. The summed E-state index contributed by atoms with van der Waals surface area (Å²) in [6, 6.07) is 6.97. The van der Waals surface area contributed by atoms with Crippen molar-refractivity contribution < 1.29 is 35.3 Å². The van der Waals surface area contributed by atoms with Crippen LogP contribution in [0, 0.1) is 23.3 Å². The number of halogens is 4. The Labute approximate surface area is 154 Å². The first kappa shape index (κ1) is 21.2. The SMILES string of the molecule is CCC(C)c1ccc(OCCc2c(F)c(F)c(S(=O)(=O)[O-])c(F)c2F)cc1. The Balaban J connectivity index is 2.17. The number of hydrogen-bond acceptors (Lipinski definition) is 4. The maximum atomic E-state index is 13.9. The van der Waals surface area contributed by atoms with Crippen LogP contribution in [0.4, 0.5) is 17.6 Å². The second-order valence-electron chi connectivity index (χ2n) is 5.99. The van der Waals surface area contributed by atoms with Crippen molar-refractivity contribution in [2.24, 2.45) is 0 Å². The van der Waals surface area contributed by atoms with E-state index >= 15 is 0 Å². The van der Waals surface area contributed by atoms with Gasteiger partial charge in [0.1, 0.15) is 20.8 Å². The fraction of sp³-hybridized carbons (Fsp3) is 0.333. The molecule has 1 atom stereocenters.